The molecule has 9 nitrogen and oxygen atoms in total. The van der Waals surface area contributed by atoms with Crippen molar-refractivity contribution in [1.82, 2.24) is 9.91 Å². The van der Waals surface area contributed by atoms with E-state index in [0.29, 0.717) is 29.2 Å². The molecular formula is C34H33N3O6. The van der Waals surface area contributed by atoms with Gasteiger partial charge in [-0.25, -0.2) is 0 Å². The van der Waals surface area contributed by atoms with Crippen molar-refractivity contribution in [3.05, 3.63) is 101 Å². The molecule has 1 saturated carbocycles. The fourth-order valence-corrected chi connectivity index (χ4v) is 8.07. The second-order valence-corrected chi connectivity index (χ2v) is 12.0. The van der Waals surface area contributed by atoms with Gasteiger partial charge in [0.05, 0.1) is 29.4 Å². The number of hydrogen-bond donors (Lipinski definition) is 2. The molecule has 4 aliphatic rings. The Hall–Kier alpha value is -4.50. The Morgan fingerprint density at radius 1 is 0.930 bits per heavy atom. The minimum Gasteiger partial charge on any atom is -0.463 e. The lowest BCUT2D eigenvalue weighted by atomic mass is 9.50. The molecule has 9 heteroatoms. The molecule has 2 aliphatic heterocycles. The van der Waals surface area contributed by atoms with Crippen molar-refractivity contribution in [1.29, 1.82) is 0 Å². The van der Waals surface area contributed by atoms with Gasteiger partial charge in [0.1, 0.15) is 23.5 Å². The van der Waals surface area contributed by atoms with Crippen molar-refractivity contribution in [3.63, 3.8) is 0 Å². The molecule has 1 aromatic heterocycles. The Morgan fingerprint density at radius 2 is 1.67 bits per heavy atom. The van der Waals surface area contributed by atoms with E-state index in [0.717, 1.165) is 16.1 Å². The zero-order valence-electron chi connectivity index (χ0n) is 24.0. The van der Waals surface area contributed by atoms with Crippen LogP contribution in [0.4, 0.5) is 5.69 Å². The Bertz CT molecular complexity index is 1660. The second kappa shape index (κ2) is 10.1. The number of anilines is 1. The lowest BCUT2D eigenvalue weighted by Crippen LogP contribution is -2.53. The van der Waals surface area contributed by atoms with Crippen LogP contribution in [0, 0.1) is 30.6 Å². The van der Waals surface area contributed by atoms with E-state index in [1.165, 1.54) is 4.90 Å². The maximum atomic E-state index is 14.9. The lowest BCUT2D eigenvalue weighted by molar-refractivity contribution is -0.141. The van der Waals surface area contributed by atoms with Gasteiger partial charge in [-0.3, -0.25) is 29.5 Å². The van der Waals surface area contributed by atoms with E-state index in [1.807, 2.05) is 67.6 Å². The van der Waals surface area contributed by atoms with Gasteiger partial charge in [0.25, 0.3) is 11.8 Å². The van der Waals surface area contributed by atoms with Gasteiger partial charge in [0.15, 0.2) is 0 Å². The van der Waals surface area contributed by atoms with Crippen molar-refractivity contribution in [2.75, 3.05) is 12.0 Å². The molecule has 2 aliphatic carbocycles. The number of aliphatic hydroxyl groups excluding tert-OH is 1. The summed E-state index contributed by atoms with van der Waals surface area (Å²) in [6.07, 6.45) is 2.60. The lowest BCUT2D eigenvalue weighted by Gasteiger charge is -2.49. The first-order valence-corrected chi connectivity index (χ1v) is 14.8. The van der Waals surface area contributed by atoms with Crippen LogP contribution >= 0.6 is 0 Å². The number of allylic oxidation sites excluding steroid dienone is 2. The molecule has 2 saturated heterocycles. The summed E-state index contributed by atoms with van der Waals surface area (Å²) in [5, 5.41) is 11.0. The molecule has 220 valence electrons. The number of fused-ring (bicyclic) bond motifs is 4. The molecule has 0 spiro atoms. The Morgan fingerprint density at radius 3 is 2.35 bits per heavy atom. The van der Waals surface area contributed by atoms with E-state index in [-0.39, 0.29) is 31.4 Å². The molecular weight excluding hydrogens is 546 g/mol. The number of carbonyl (C=O) groups excluding carboxylic acids is 4. The van der Waals surface area contributed by atoms with Gasteiger partial charge in [0, 0.05) is 6.54 Å². The van der Waals surface area contributed by atoms with Crippen molar-refractivity contribution in [2.24, 2.45) is 23.7 Å². The minimum absolute atomic E-state index is 0.179. The number of aliphatic hydroxyl groups is 1. The van der Waals surface area contributed by atoms with Gasteiger partial charge in [0.2, 0.25) is 11.8 Å². The number of imide groups is 2. The van der Waals surface area contributed by atoms with Crippen molar-refractivity contribution in [2.45, 2.75) is 44.6 Å². The number of aryl methyl sites for hydroxylation is 1. The highest BCUT2D eigenvalue weighted by Crippen LogP contribution is 2.64. The van der Waals surface area contributed by atoms with Gasteiger partial charge < -0.3 is 9.52 Å². The molecule has 2 N–H and O–H groups in total. The first-order valence-electron chi connectivity index (χ1n) is 14.8. The van der Waals surface area contributed by atoms with Crippen LogP contribution < -0.4 is 5.43 Å². The van der Waals surface area contributed by atoms with Crippen LogP contribution in [0.3, 0.4) is 0 Å². The average molecular weight is 580 g/mol. The number of hydrazine groups is 1. The highest BCUT2D eigenvalue weighted by Gasteiger charge is 2.71. The SMILES string of the molecule is CCN1C(=O)C2CC=C3C(CC4C(=O)N(Nc5ccc(C)cc5)C(=O)C4(c4ccccc4)C3c3ccc(CO)o3)C2C1=O. The molecule has 3 fully saturated rings. The van der Waals surface area contributed by atoms with Crippen LogP contribution in [0.1, 0.15) is 48.3 Å². The monoisotopic (exact) mass is 579 g/mol. The molecule has 6 atom stereocenters. The van der Waals surface area contributed by atoms with E-state index in [2.05, 4.69) is 5.43 Å². The third-order valence-corrected chi connectivity index (χ3v) is 9.92. The largest absolute Gasteiger partial charge is 0.463 e. The number of likely N-dealkylation sites (tertiary alicyclic amines) is 1. The number of carbonyl (C=O) groups is 4. The van der Waals surface area contributed by atoms with Crippen molar-refractivity contribution in [3.8, 4) is 0 Å². The number of benzene rings is 2. The summed E-state index contributed by atoms with van der Waals surface area (Å²) in [7, 11) is 0. The number of nitrogens with one attached hydrogen (secondary N) is 1. The average Bonchev–Trinajstić information content (AvgIpc) is 3.66. The number of amides is 4. The summed E-state index contributed by atoms with van der Waals surface area (Å²) in [6.45, 7) is 3.71. The van der Waals surface area contributed by atoms with Crippen LogP contribution in [0.2, 0.25) is 0 Å². The van der Waals surface area contributed by atoms with E-state index in [9.17, 15) is 24.3 Å². The van der Waals surface area contributed by atoms with Gasteiger partial charge in [-0.05, 0) is 62.4 Å². The third-order valence-electron chi connectivity index (χ3n) is 9.92. The van der Waals surface area contributed by atoms with Crippen LogP contribution in [0.25, 0.3) is 0 Å². The Labute approximate surface area is 249 Å². The van der Waals surface area contributed by atoms with E-state index in [4.69, 9.17) is 4.42 Å². The maximum absolute atomic E-state index is 14.9. The number of nitrogens with zero attached hydrogens (tertiary/aromatic N) is 2. The summed E-state index contributed by atoms with van der Waals surface area (Å²) in [4.78, 5) is 57.6. The summed E-state index contributed by atoms with van der Waals surface area (Å²) in [6, 6.07) is 20.2. The summed E-state index contributed by atoms with van der Waals surface area (Å²) in [5.74, 6) is -3.54. The maximum Gasteiger partial charge on any atom is 0.260 e. The van der Waals surface area contributed by atoms with Crippen LogP contribution in [-0.2, 0) is 31.2 Å². The summed E-state index contributed by atoms with van der Waals surface area (Å²) >= 11 is 0. The number of furan rings is 1. The van der Waals surface area contributed by atoms with E-state index in [1.54, 1.807) is 19.1 Å². The zero-order valence-corrected chi connectivity index (χ0v) is 24.0. The smallest absolute Gasteiger partial charge is 0.260 e. The predicted molar refractivity (Wildman–Crippen MR) is 156 cm³/mol. The zero-order chi connectivity index (χ0) is 30.0. The number of hydrogen-bond acceptors (Lipinski definition) is 7. The molecule has 0 radical (unpaired) electrons. The topological polar surface area (TPSA) is 120 Å². The fraction of sp³-hybridized carbons (Fsp3) is 0.353. The van der Waals surface area contributed by atoms with Gasteiger partial charge in [-0.2, -0.15) is 5.01 Å². The van der Waals surface area contributed by atoms with Crippen molar-refractivity contribution < 1.29 is 28.7 Å². The summed E-state index contributed by atoms with van der Waals surface area (Å²) < 4.78 is 6.17. The highest BCUT2D eigenvalue weighted by molar-refractivity contribution is 6.13. The Balaban J connectivity index is 1.44. The normalized spacial score (nSPS) is 29.8. The van der Waals surface area contributed by atoms with E-state index >= 15 is 0 Å². The first-order chi connectivity index (χ1) is 20.8. The van der Waals surface area contributed by atoms with Crippen LogP contribution in [0.5, 0.6) is 0 Å². The van der Waals surface area contributed by atoms with Crippen molar-refractivity contribution >= 4 is 29.3 Å². The molecule has 3 aromatic rings. The fourth-order valence-electron chi connectivity index (χ4n) is 8.07. The van der Waals surface area contributed by atoms with Gasteiger partial charge in [-0.15, -0.1) is 0 Å². The predicted octanol–water partition coefficient (Wildman–Crippen LogP) is 4.09. The standard InChI is InChI=1S/C34H33N3O6/c1-3-36-30(39)24-15-14-23-25(28(24)32(36)41)17-26-31(40)37(35-21-11-9-19(2)10-12-21)33(42)34(26,20-7-5-4-6-8-20)29(23)27-16-13-22(18-38)43-27/h4-14,16,24-26,28-29,35,38H,3,15,17-18H2,1-2H3. The third kappa shape index (κ3) is 3.80. The quantitative estimate of drug-likeness (QED) is 0.334. The minimum atomic E-state index is -1.38. The molecule has 3 heterocycles. The van der Waals surface area contributed by atoms with Crippen LogP contribution in [0.15, 0.2) is 82.8 Å². The molecule has 0 bridgehead atoms. The molecule has 43 heavy (non-hydrogen) atoms. The van der Waals surface area contributed by atoms with Crippen LogP contribution in [-0.4, -0.2) is 45.2 Å². The van der Waals surface area contributed by atoms with E-state index < -0.39 is 46.8 Å². The number of rotatable bonds is 6. The molecule has 6 unspecified atom stereocenters. The highest BCUT2D eigenvalue weighted by atomic mass is 16.4. The first kappa shape index (κ1) is 27.3. The Kier molecular flexibility index (Phi) is 6.39. The molecule has 7 rings (SSSR count). The molecule has 4 amide bonds. The van der Waals surface area contributed by atoms with Gasteiger partial charge >= 0.3 is 0 Å². The summed E-state index contributed by atoms with van der Waals surface area (Å²) in [5.41, 5.74) is 4.84. The second-order valence-electron chi connectivity index (χ2n) is 12.0. The van der Waals surface area contributed by atoms with Gasteiger partial charge in [-0.1, -0.05) is 59.7 Å². The molecule has 2 aromatic carbocycles.